The normalized spacial score (nSPS) is 13.6. The first kappa shape index (κ1) is 18.9. The van der Waals surface area contributed by atoms with Crippen molar-refractivity contribution in [1.29, 1.82) is 0 Å². The third-order valence-corrected chi connectivity index (χ3v) is 3.39. The molecule has 0 amide bonds. The van der Waals surface area contributed by atoms with E-state index >= 15 is 0 Å². The maximum atomic E-state index is 14.1. The minimum absolute atomic E-state index is 0.0488. The summed E-state index contributed by atoms with van der Waals surface area (Å²) in [5, 5.41) is 19.1. The molecule has 0 saturated carbocycles. The lowest BCUT2D eigenvalue weighted by Crippen LogP contribution is -2.21. The minimum atomic E-state index is -2.30. The van der Waals surface area contributed by atoms with E-state index in [2.05, 4.69) is 6.58 Å². The molecule has 2 aromatic carbocycles. The zero-order chi connectivity index (χ0) is 18.9. The van der Waals surface area contributed by atoms with E-state index in [-0.39, 0.29) is 16.9 Å². The van der Waals surface area contributed by atoms with Crippen molar-refractivity contribution in [2.75, 3.05) is 0 Å². The Kier molecular flexibility index (Phi) is 5.44. The lowest BCUT2D eigenvalue weighted by atomic mass is 9.99. The van der Waals surface area contributed by atoms with Crippen LogP contribution in [0.4, 0.5) is 22.0 Å². The fourth-order valence-electron chi connectivity index (χ4n) is 2.06. The van der Waals surface area contributed by atoms with Crippen LogP contribution in [0.2, 0.25) is 0 Å². The Balaban J connectivity index is 2.68. The highest BCUT2D eigenvalue weighted by Gasteiger charge is 2.33. The van der Waals surface area contributed by atoms with Crippen LogP contribution in [-0.4, -0.2) is 16.5 Å². The summed E-state index contributed by atoms with van der Waals surface area (Å²) >= 11 is 0. The van der Waals surface area contributed by atoms with Crippen molar-refractivity contribution in [1.82, 2.24) is 0 Å². The molecule has 0 spiro atoms. The van der Waals surface area contributed by atoms with E-state index in [0.29, 0.717) is 0 Å². The Morgan fingerprint density at radius 3 is 1.80 bits per heavy atom. The standard InChI is InChI=1S/C17H13F5O3/c1-7(2)17(24)25-16(8-3-5-9(23)6-4-8)10-11(18)13(20)15(22)14(21)12(10)19/h3-6,16-17,23-24H,1H2,2H3. The molecular weight excluding hydrogens is 347 g/mol. The number of aromatic hydroxyl groups is 1. The first-order valence-electron chi connectivity index (χ1n) is 6.94. The summed E-state index contributed by atoms with van der Waals surface area (Å²) in [4.78, 5) is 0. The van der Waals surface area contributed by atoms with E-state index in [1.165, 1.54) is 6.92 Å². The van der Waals surface area contributed by atoms with Crippen molar-refractivity contribution in [3.63, 3.8) is 0 Å². The van der Waals surface area contributed by atoms with Crippen molar-refractivity contribution in [3.8, 4) is 5.75 Å². The highest BCUT2D eigenvalue weighted by molar-refractivity contribution is 5.36. The van der Waals surface area contributed by atoms with Gasteiger partial charge in [0.25, 0.3) is 0 Å². The van der Waals surface area contributed by atoms with Crippen LogP contribution >= 0.6 is 0 Å². The van der Waals surface area contributed by atoms with Gasteiger partial charge in [-0.05, 0) is 30.2 Å². The van der Waals surface area contributed by atoms with Crippen LogP contribution in [0.15, 0.2) is 36.4 Å². The summed E-state index contributed by atoms with van der Waals surface area (Å²) in [6, 6.07) is 4.57. The summed E-state index contributed by atoms with van der Waals surface area (Å²) in [6.07, 6.45) is -3.56. The maximum absolute atomic E-state index is 14.1. The number of phenolic OH excluding ortho intramolecular Hbond substituents is 1. The van der Waals surface area contributed by atoms with E-state index in [0.717, 1.165) is 24.3 Å². The number of ether oxygens (including phenoxy) is 1. The predicted octanol–water partition coefficient (Wildman–Crippen LogP) is 4.09. The van der Waals surface area contributed by atoms with Crippen LogP contribution in [0.25, 0.3) is 0 Å². The largest absolute Gasteiger partial charge is 0.508 e. The average Bonchev–Trinajstić information content (AvgIpc) is 2.58. The van der Waals surface area contributed by atoms with Gasteiger partial charge in [0.15, 0.2) is 29.6 Å². The van der Waals surface area contributed by atoms with E-state index in [9.17, 15) is 32.2 Å². The van der Waals surface area contributed by atoms with E-state index < -0.39 is 47.0 Å². The zero-order valence-electron chi connectivity index (χ0n) is 12.9. The molecule has 0 heterocycles. The van der Waals surface area contributed by atoms with Crippen molar-refractivity contribution < 1.29 is 36.9 Å². The zero-order valence-corrected chi connectivity index (χ0v) is 12.9. The molecule has 0 aliphatic heterocycles. The molecule has 2 atom stereocenters. The van der Waals surface area contributed by atoms with Gasteiger partial charge in [0.05, 0.1) is 5.56 Å². The summed E-state index contributed by atoms with van der Waals surface area (Å²) in [5.41, 5.74) is -1.27. The second-order valence-electron chi connectivity index (χ2n) is 5.29. The fraction of sp³-hybridized carbons (Fsp3) is 0.176. The Hall–Kier alpha value is -2.45. The predicted molar refractivity (Wildman–Crippen MR) is 78.1 cm³/mol. The highest BCUT2D eigenvalue weighted by Crippen LogP contribution is 2.35. The van der Waals surface area contributed by atoms with Gasteiger partial charge in [0.2, 0.25) is 5.82 Å². The van der Waals surface area contributed by atoms with Crippen molar-refractivity contribution in [3.05, 3.63) is 76.6 Å². The lowest BCUT2D eigenvalue weighted by molar-refractivity contribution is -0.102. The highest BCUT2D eigenvalue weighted by atomic mass is 19.2. The van der Waals surface area contributed by atoms with Gasteiger partial charge in [-0.25, -0.2) is 22.0 Å². The number of hydrogen-bond donors (Lipinski definition) is 2. The number of aliphatic hydroxyl groups is 1. The second kappa shape index (κ2) is 7.20. The van der Waals surface area contributed by atoms with Crippen LogP contribution in [0, 0.1) is 29.1 Å². The fourth-order valence-corrected chi connectivity index (χ4v) is 2.06. The van der Waals surface area contributed by atoms with Gasteiger partial charge in [0.1, 0.15) is 11.9 Å². The van der Waals surface area contributed by atoms with Crippen LogP contribution in [-0.2, 0) is 4.74 Å². The SMILES string of the molecule is C=C(C)C(O)OC(c1ccc(O)cc1)c1c(F)c(F)c(F)c(F)c1F. The van der Waals surface area contributed by atoms with Crippen molar-refractivity contribution in [2.45, 2.75) is 19.3 Å². The maximum Gasteiger partial charge on any atom is 0.200 e. The van der Waals surface area contributed by atoms with E-state index in [1.807, 2.05) is 0 Å². The first-order valence-corrected chi connectivity index (χ1v) is 6.94. The van der Waals surface area contributed by atoms with Crippen LogP contribution in [0.5, 0.6) is 5.75 Å². The quantitative estimate of drug-likeness (QED) is 0.278. The molecule has 25 heavy (non-hydrogen) atoms. The molecule has 2 aromatic rings. The van der Waals surface area contributed by atoms with Gasteiger partial charge in [0, 0.05) is 0 Å². The summed E-state index contributed by atoms with van der Waals surface area (Å²) in [5.74, 6) is -10.9. The van der Waals surface area contributed by atoms with Crippen molar-refractivity contribution in [2.24, 2.45) is 0 Å². The topological polar surface area (TPSA) is 49.7 Å². The van der Waals surface area contributed by atoms with Crippen molar-refractivity contribution >= 4 is 0 Å². The van der Waals surface area contributed by atoms with Gasteiger partial charge in [-0.1, -0.05) is 18.7 Å². The molecule has 2 unspecified atom stereocenters. The number of rotatable bonds is 5. The number of phenols is 1. The van der Waals surface area contributed by atoms with E-state index in [4.69, 9.17) is 4.74 Å². The van der Waals surface area contributed by atoms with Crippen LogP contribution in [0.1, 0.15) is 24.2 Å². The lowest BCUT2D eigenvalue weighted by Gasteiger charge is -2.24. The molecule has 0 fully saturated rings. The Morgan fingerprint density at radius 1 is 0.920 bits per heavy atom. The molecule has 2 N–H and O–H groups in total. The molecular formula is C17H13F5O3. The molecule has 2 rings (SSSR count). The first-order chi connectivity index (χ1) is 11.6. The van der Waals surface area contributed by atoms with Gasteiger partial charge >= 0.3 is 0 Å². The van der Waals surface area contributed by atoms with Crippen LogP contribution < -0.4 is 0 Å². The Morgan fingerprint density at radius 2 is 1.36 bits per heavy atom. The van der Waals surface area contributed by atoms with Crippen LogP contribution in [0.3, 0.4) is 0 Å². The average molecular weight is 360 g/mol. The number of aliphatic hydroxyl groups excluding tert-OH is 1. The Labute approximate surface area is 139 Å². The molecule has 134 valence electrons. The van der Waals surface area contributed by atoms with Gasteiger partial charge in [-0.2, -0.15) is 0 Å². The van der Waals surface area contributed by atoms with E-state index in [1.54, 1.807) is 0 Å². The Bertz CT molecular complexity index is 776. The summed E-state index contributed by atoms with van der Waals surface area (Å²) < 4.78 is 73.6. The molecule has 0 bridgehead atoms. The second-order valence-corrected chi connectivity index (χ2v) is 5.29. The van der Waals surface area contributed by atoms with Gasteiger partial charge in [-0.15, -0.1) is 0 Å². The monoisotopic (exact) mass is 360 g/mol. The third kappa shape index (κ3) is 3.64. The molecule has 0 saturated heterocycles. The number of hydrogen-bond acceptors (Lipinski definition) is 3. The third-order valence-electron chi connectivity index (χ3n) is 3.39. The minimum Gasteiger partial charge on any atom is -0.508 e. The molecule has 0 aromatic heterocycles. The summed E-state index contributed by atoms with van der Waals surface area (Å²) in [7, 11) is 0. The molecule has 0 aliphatic carbocycles. The molecule has 8 heteroatoms. The smallest absolute Gasteiger partial charge is 0.200 e. The molecule has 3 nitrogen and oxygen atoms in total. The summed E-state index contributed by atoms with van der Waals surface area (Å²) in [6.45, 7) is 4.74. The molecule has 0 aliphatic rings. The number of benzene rings is 2. The number of halogens is 5. The van der Waals surface area contributed by atoms with Gasteiger partial charge in [-0.3, -0.25) is 0 Å². The van der Waals surface area contributed by atoms with Gasteiger partial charge < -0.3 is 14.9 Å². The molecule has 0 radical (unpaired) electrons.